The van der Waals surface area contributed by atoms with Gasteiger partial charge in [-0.3, -0.25) is 29.3 Å². The molecule has 0 fully saturated rings. The molecule has 0 unspecified atom stereocenters. The molecule has 3 amide bonds. The topological polar surface area (TPSA) is 160 Å². The maximum absolute atomic E-state index is 11.8. The van der Waals surface area contributed by atoms with Gasteiger partial charge in [-0.05, 0) is 59.7 Å². The number of hydrogen-bond acceptors (Lipinski definition) is 9. The zero-order chi connectivity index (χ0) is 31.7. The second-order valence-corrected chi connectivity index (χ2v) is 8.61. The van der Waals surface area contributed by atoms with Gasteiger partial charge in [0.15, 0.2) is 0 Å². The van der Waals surface area contributed by atoms with Crippen LogP contribution in [0.25, 0.3) is 0 Å². The summed E-state index contributed by atoms with van der Waals surface area (Å²) in [6.07, 6.45) is 8.31. The van der Waals surface area contributed by atoms with E-state index in [0.29, 0.717) is 56.0 Å². The Morgan fingerprint density at radius 2 is 0.721 bits per heavy atom. The molecule has 0 atom stereocenters. The molecular weight excluding hydrogens is 596 g/mol. The minimum Gasteiger partial charge on any atom is -0.505 e. The summed E-state index contributed by atoms with van der Waals surface area (Å²) in [5, 5.41) is 28.2. The van der Waals surface area contributed by atoms with E-state index in [2.05, 4.69) is 15.0 Å². The van der Waals surface area contributed by atoms with Gasteiger partial charge in [0.2, 0.25) is 0 Å². The summed E-state index contributed by atoms with van der Waals surface area (Å²) < 4.78 is 0. The normalized spacial score (nSPS) is 9.63. The zero-order valence-corrected chi connectivity index (χ0v) is 26.6. The molecule has 3 N–H and O–H groups in total. The smallest absolute Gasteiger partial charge is 0.505 e. The van der Waals surface area contributed by atoms with Crippen LogP contribution >= 0.6 is 0 Å². The Bertz CT molecular complexity index is 1130. The Morgan fingerprint density at radius 1 is 0.512 bits per heavy atom. The van der Waals surface area contributed by atoms with E-state index in [1.54, 1.807) is 14.7 Å². The average Bonchev–Trinajstić information content (AvgIpc) is 3.00. The third kappa shape index (κ3) is 11.5. The van der Waals surface area contributed by atoms with Gasteiger partial charge in [0.1, 0.15) is 17.2 Å². The van der Waals surface area contributed by atoms with E-state index < -0.39 is 0 Å². The van der Waals surface area contributed by atoms with Crippen molar-refractivity contribution >= 4 is 17.7 Å². The molecule has 0 aliphatic carbocycles. The molecule has 43 heavy (non-hydrogen) atoms. The van der Waals surface area contributed by atoms with Crippen LogP contribution in [0.3, 0.4) is 0 Å². The molecule has 0 aromatic carbocycles. The molecule has 3 aromatic rings. The predicted molar refractivity (Wildman–Crippen MR) is 159 cm³/mol. The molecule has 3 rings (SSSR count). The SMILES string of the molecule is CCN(CC)C(=O)c1ccncc1O.CCN(CC)C(=O)c1ccncc1O.CCN(CC)C(=O)c1ccncc1O.[Fe+3]. The third-order valence-electron chi connectivity index (χ3n) is 6.24. The monoisotopic (exact) mass is 638 g/mol. The summed E-state index contributed by atoms with van der Waals surface area (Å²) in [5.74, 6) is -0.669. The summed E-state index contributed by atoms with van der Waals surface area (Å²) in [7, 11) is 0. The van der Waals surface area contributed by atoms with E-state index in [4.69, 9.17) is 0 Å². The summed E-state index contributed by atoms with van der Waals surface area (Å²) in [4.78, 5) is 51.4. The van der Waals surface area contributed by atoms with Crippen LogP contribution in [-0.4, -0.2) is 102 Å². The second-order valence-electron chi connectivity index (χ2n) is 8.61. The van der Waals surface area contributed by atoms with E-state index in [-0.39, 0.29) is 52.0 Å². The van der Waals surface area contributed by atoms with E-state index in [1.807, 2.05) is 41.5 Å². The molecular formula is C30H42FeN6O6+3. The molecule has 13 heteroatoms. The van der Waals surface area contributed by atoms with Gasteiger partial charge in [0, 0.05) is 57.9 Å². The number of pyridine rings is 3. The van der Waals surface area contributed by atoms with E-state index in [9.17, 15) is 29.7 Å². The molecule has 0 spiro atoms. The standard InChI is InChI=1S/3C10H14N2O2.Fe/c3*1-3-12(4-2)10(14)8-5-6-11-7-9(8)13;/h3*5-7,13H,3-4H2,1-2H3;/q;;;+3. The largest absolute Gasteiger partial charge is 3.00 e. The molecule has 3 heterocycles. The minimum atomic E-state index is -0.157. The number of nitrogens with zero attached hydrogens (tertiary/aromatic N) is 6. The van der Waals surface area contributed by atoms with Crippen molar-refractivity contribution in [2.75, 3.05) is 39.3 Å². The maximum Gasteiger partial charge on any atom is 3.00 e. The number of rotatable bonds is 9. The molecule has 0 saturated carbocycles. The Labute approximate surface area is 263 Å². The van der Waals surface area contributed by atoms with Crippen LogP contribution in [-0.2, 0) is 17.1 Å². The van der Waals surface area contributed by atoms with Crippen molar-refractivity contribution in [3.05, 3.63) is 72.1 Å². The Balaban J connectivity index is 0.000000608. The third-order valence-corrected chi connectivity index (χ3v) is 6.24. The molecule has 1 radical (unpaired) electrons. The summed E-state index contributed by atoms with van der Waals surface area (Å²) in [6, 6.07) is 4.57. The van der Waals surface area contributed by atoms with Crippen molar-refractivity contribution in [2.24, 2.45) is 0 Å². The Kier molecular flexibility index (Phi) is 18.6. The van der Waals surface area contributed by atoms with Crippen molar-refractivity contribution < 1.29 is 46.8 Å². The van der Waals surface area contributed by atoms with Crippen molar-refractivity contribution in [2.45, 2.75) is 41.5 Å². The number of hydrogen-bond donors (Lipinski definition) is 3. The fourth-order valence-corrected chi connectivity index (χ4v) is 3.74. The second kappa shape index (κ2) is 20.6. The van der Waals surface area contributed by atoms with Crippen molar-refractivity contribution in [1.82, 2.24) is 29.7 Å². The fraction of sp³-hybridized carbons (Fsp3) is 0.400. The quantitative estimate of drug-likeness (QED) is 0.296. The van der Waals surface area contributed by atoms with E-state index in [1.165, 1.54) is 55.4 Å². The van der Waals surface area contributed by atoms with Gasteiger partial charge in [-0.1, -0.05) is 0 Å². The minimum absolute atomic E-state index is 0. The van der Waals surface area contributed by atoms with Gasteiger partial charge < -0.3 is 30.0 Å². The number of amides is 3. The molecule has 0 bridgehead atoms. The van der Waals surface area contributed by atoms with Crippen LogP contribution in [0.4, 0.5) is 0 Å². The molecule has 3 aromatic heterocycles. The van der Waals surface area contributed by atoms with Crippen molar-refractivity contribution in [1.29, 1.82) is 0 Å². The first-order valence-electron chi connectivity index (χ1n) is 13.9. The number of aromatic nitrogens is 3. The van der Waals surface area contributed by atoms with E-state index in [0.717, 1.165) is 0 Å². The van der Waals surface area contributed by atoms with Crippen LogP contribution in [0.15, 0.2) is 55.4 Å². The van der Waals surface area contributed by atoms with Crippen molar-refractivity contribution in [3.63, 3.8) is 0 Å². The summed E-state index contributed by atoms with van der Waals surface area (Å²) >= 11 is 0. The number of carbonyl (C=O) groups excluding carboxylic acids is 3. The molecule has 0 aliphatic rings. The molecule has 0 saturated heterocycles. The summed E-state index contributed by atoms with van der Waals surface area (Å²) in [5.41, 5.74) is 0.927. The number of aromatic hydroxyl groups is 3. The first kappa shape index (κ1) is 38.8. The zero-order valence-electron chi connectivity index (χ0n) is 25.5. The number of carbonyl (C=O) groups is 3. The maximum atomic E-state index is 11.8. The van der Waals surface area contributed by atoms with Crippen LogP contribution in [0.5, 0.6) is 17.2 Å². The van der Waals surface area contributed by atoms with Gasteiger partial charge in [-0.25, -0.2) is 0 Å². The van der Waals surface area contributed by atoms with Gasteiger partial charge in [-0.2, -0.15) is 0 Å². The van der Waals surface area contributed by atoms with Crippen LogP contribution in [0.2, 0.25) is 0 Å². The van der Waals surface area contributed by atoms with Crippen LogP contribution < -0.4 is 0 Å². The predicted octanol–water partition coefficient (Wildman–Crippen LogP) is 3.81. The molecule has 12 nitrogen and oxygen atoms in total. The first-order valence-corrected chi connectivity index (χ1v) is 13.9. The Hall–Kier alpha value is -4.22. The molecule has 233 valence electrons. The van der Waals surface area contributed by atoms with Crippen molar-refractivity contribution in [3.8, 4) is 17.2 Å². The van der Waals surface area contributed by atoms with Crippen LogP contribution in [0, 0.1) is 0 Å². The average molecular weight is 639 g/mol. The first-order chi connectivity index (χ1) is 20.1. The summed E-state index contributed by atoms with van der Waals surface area (Å²) in [6.45, 7) is 15.2. The Morgan fingerprint density at radius 3 is 0.884 bits per heavy atom. The fourth-order valence-electron chi connectivity index (χ4n) is 3.74. The van der Waals surface area contributed by atoms with Gasteiger partial charge in [0.25, 0.3) is 17.7 Å². The van der Waals surface area contributed by atoms with E-state index >= 15 is 0 Å². The molecule has 0 aliphatic heterocycles. The van der Waals surface area contributed by atoms with Gasteiger partial charge >= 0.3 is 17.1 Å². The van der Waals surface area contributed by atoms with Gasteiger partial charge in [0.05, 0.1) is 35.3 Å². The van der Waals surface area contributed by atoms with Gasteiger partial charge in [-0.15, -0.1) is 0 Å². The van der Waals surface area contributed by atoms with Crippen LogP contribution in [0.1, 0.15) is 72.6 Å².